The van der Waals surface area contributed by atoms with Crippen LogP contribution >= 0.6 is 23.1 Å². The molecule has 1 aliphatic heterocycles. The first-order valence-electron chi connectivity index (χ1n) is 5.29. The Kier molecular flexibility index (Phi) is 4.20. The number of aromatic nitrogens is 1. The van der Waals surface area contributed by atoms with E-state index >= 15 is 0 Å². The lowest BCUT2D eigenvalue weighted by Gasteiger charge is -2.30. The van der Waals surface area contributed by atoms with Crippen molar-refractivity contribution in [1.82, 2.24) is 9.88 Å². The van der Waals surface area contributed by atoms with Gasteiger partial charge < -0.3 is 5.32 Å². The summed E-state index contributed by atoms with van der Waals surface area (Å²) in [5.74, 6) is 2.28. The molecule has 0 spiro atoms. The molecule has 0 aliphatic carbocycles. The highest BCUT2D eigenvalue weighted by atomic mass is 32.2. The molecule has 1 fully saturated rings. The van der Waals surface area contributed by atoms with E-state index in [-0.39, 0.29) is 11.9 Å². The third-order valence-electron chi connectivity index (χ3n) is 2.64. The molecule has 1 N–H and O–H groups in total. The maximum atomic E-state index is 11.9. The molecule has 0 aromatic carbocycles. The number of carbonyl (C=O) groups is 1. The van der Waals surface area contributed by atoms with Crippen LogP contribution in [-0.2, 0) is 4.79 Å². The molecule has 0 bridgehead atoms. The second kappa shape index (κ2) is 5.65. The van der Waals surface area contributed by atoms with Gasteiger partial charge in [0.15, 0.2) is 5.13 Å². The molecule has 1 amide bonds. The zero-order chi connectivity index (χ0) is 11.4. The van der Waals surface area contributed by atoms with Crippen LogP contribution in [0.3, 0.4) is 0 Å². The van der Waals surface area contributed by atoms with Gasteiger partial charge in [0.25, 0.3) is 0 Å². The Morgan fingerprint density at radius 1 is 1.56 bits per heavy atom. The Bertz CT molecular complexity index is 336. The van der Waals surface area contributed by atoms with Crippen molar-refractivity contribution in [2.75, 3.05) is 29.9 Å². The quantitative estimate of drug-likeness (QED) is 0.892. The maximum Gasteiger partial charge on any atom is 0.243 e. The number of hydrogen-bond donors (Lipinski definition) is 1. The topological polar surface area (TPSA) is 45.2 Å². The van der Waals surface area contributed by atoms with Crippen LogP contribution in [0.4, 0.5) is 5.13 Å². The van der Waals surface area contributed by atoms with E-state index in [2.05, 4.69) is 15.2 Å². The minimum atomic E-state index is -0.0650. The van der Waals surface area contributed by atoms with Crippen molar-refractivity contribution in [3.8, 4) is 0 Å². The lowest BCUT2D eigenvalue weighted by atomic mass is 10.2. The minimum absolute atomic E-state index is 0.0434. The molecule has 2 rings (SSSR count). The Morgan fingerprint density at radius 2 is 2.31 bits per heavy atom. The molecule has 4 nitrogen and oxygen atoms in total. The second-order valence-electron chi connectivity index (χ2n) is 3.65. The van der Waals surface area contributed by atoms with Gasteiger partial charge in [0.2, 0.25) is 5.91 Å². The first-order chi connectivity index (χ1) is 7.77. The van der Waals surface area contributed by atoms with E-state index < -0.39 is 0 Å². The monoisotopic (exact) mass is 257 g/mol. The molecule has 1 atom stereocenters. The number of anilines is 1. The second-order valence-corrected chi connectivity index (χ2v) is 5.77. The molecule has 1 aromatic rings. The van der Waals surface area contributed by atoms with Gasteiger partial charge >= 0.3 is 0 Å². The number of nitrogens with one attached hydrogen (secondary N) is 1. The maximum absolute atomic E-state index is 11.9. The molecular formula is C10H15N3OS2. The summed E-state index contributed by atoms with van der Waals surface area (Å²) in [6.45, 7) is 3.95. The lowest BCUT2D eigenvalue weighted by molar-refractivity contribution is -0.120. The fourth-order valence-corrected chi connectivity index (χ4v) is 3.09. The summed E-state index contributed by atoms with van der Waals surface area (Å²) in [6, 6.07) is -0.0650. The van der Waals surface area contributed by atoms with Crippen LogP contribution in [0.1, 0.15) is 6.92 Å². The third-order valence-corrected chi connectivity index (χ3v) is 4.27. The van der Waals surface area contributed by atoms with Crippen LogP contribution in [-0.4, -0.2) is 46.4 Å². The van der Waals surface area contributed by atoms with Crippen LogP contribution in [0.2, 0.25) is 0 Å². The average Bonchev–Trinajstić information content (AvgIpc) is 2.82. The summed E-state index contributed by atoms with van der Waals surface area (Å²) in [4.78, 5) is 18.2. The molecule has 1 aliphatic rings. The fourth-order valence-electron chi connectivity index (χ4n) is 1.63. The lowest BCUT2D eigenvalue weighted by Crippen LogP contribution is -2.46. The Balaban J connectivity index is 1.88. The standard InChI is InChI=1S/C10H15N3OS2/c1-8(13-3-6-15-7-4-13)9(14)12-10-11-2-5-16-10/h2,5,8H,3-4,6-7H2,1H3,(H,11,12,14)/t8-/m1/s1. The molecule has 1 saturated heterocycles. The normalized spacial score (nSPS) is 19.3. The number of nitrogens with zero attached hydrogens (tertiary/aromatic N) is 2. The van der Waals surface area contributed by atoms with Crippen LogP contribution in [0.25, 0.3) is 0 Å². The number of hydrogen-bond acceptors (Lipinski definition) is 5. The van der Waals surface area contributed by atoms with Crippen molar-refractivity contribution < 1.29 is 4.79 Å². The zero-order valence-corrected chi connectivity index (χ0v) is 10.8. The average molecular weight is 257 g/mol. The van der Waals surface area contributed by atoms with Gasteiger partial charge in [-0.2, -0.15) is 11.8 Å². The molecule has 0 radical (unpaired) electrons. The summed E-state index contributed by atoms with van der Waals surface area (Å²) >= 11 is 3.40. The van der Waals surface area contributed by atoms with E-state index in [9.17, 15) is 4.79 Å². The molecule has 1 aromatic heterocycles. The van der Waals surface area contributed by atoms with Crippen molar-refractivity contribution in [3.05, 3.63) is 11.6 Å². The van der Waals surface area contributed by atoms with Crippen molar-refractivity contribution in [1.29, 1.82) is 0 Å². The van der Waals surface area contributed by atoms with Crippen molar-refractivity contribution in [2.24, 2.45) is 0 Å². The van der Waals surface area contributed by atoms with Crippen molar-refractivity contribution in [2.45, 2.75) is 13.0 Å². The van der Waals surface area contributed by atoms with Gasteiger partial charge in [0.1, 0.15) is 0 Å². The van der Waals surface area contributed by atoms with Crippen LogP contribution in [0.5, 0.6) is 0 Å². The Hall–Kier alpha value is -0.590. The van der Waals surface area contributed by atoms with E-state index in [1.807, 2.05) is 24.1 Å². The Morgan fingerprint density at radius 3 is 2.94 bits per heavy atom. The van der Waals surface area contributed by atoms with E-state index in [1.165, 1.54) is 11.3 Å². The first kappa shape index (κ1) is 11.9. The molecule has 0 unspecified atom stereocenters. The molecule has 6 heteroatoms. The fraction of sp³-hybridized carbons (Fsp3) is 0.600. The van der Waals surface area contributed by atoms with Crippen molar-refractivity contribution in [3.63, 3.8) is 0 Å². The number of amides is 1. The first-order valence-corrected chi connectivity index (χ1v) is 7.33. The van der Waals surface area contributed by atoms with E-state index in [4.69, 9.17) is 0 Å². The van der Waals surface area contributed by atoms with Crippen LogP contribution in [0.15, 0.2) is 11.6 Å². The number of thioether (sulfide) groups is 1. The summed E-state index contributed by atoms with van der Waals surface area (Å²) in [5, 5.41) is 5.38. The highest BCUT2D eigenvalue weighted by Gasteiger charge is 2.23. The number of thiazole rings is 1. The van der Waals surface area contributed by atoms with Crippen LogP contribution < -0.4 is 5.32 Å². The van der Waals surface area contributed by atoms with Crippen LogP contribution in [0, 0.1) is 0 Å². The van der Waals surface area contributed by atoms with Gasteiger partial charge in [-0.25, -0.2) is 4.98 Å². The number of rotatable bonds is 3. The van der Waals surface area contributed by atoms with E-state index in [0.29, 0.717) is 5.13 Å². The summed E-state index contributed by atoms with van der Waals surface area (Å²) < 4.78 is 0. The highest BCUT2D eigenvalue weighted by molar-refractivity contribution is 7.99. The molecule has 0 saturated carbocycles. The van der Waals surface area contributed by atoms with Crippen molar-refractivity contribution >= 4 is 34.1 Å². The van der Waals surface area contributed by atoms with E-state index in [1.54, 1.807) is 6.20 Å². The smallest absolute Gasteiger partial charge is 0.243 e. The molecular weight excluding hydrogens is 242 g/mol. The van der Waals surface area contributed by atoms with Gasteiger partial charge in [0.05, 0.1) is 6.04 Å². The van der Waals surface area contributed by atoms with Gasteiger partial charge in [-0.05, 0) is 6.92 Å². The summed E-state index contributed by atoms with van der Waals surface area (Å²) in [6.07, 6.45) is 1.70. The SMILES string of the molecule is C[C@H](C(=O)Nc1nccs1)N1CCSCC1. The van der Waals surface area contributed by atoms with Gasteiger partial charge in [-0.1, -0.05) is 0 Å². The zero-order valence-electron chi connectivity index (χ0n) is 9.18. The third kappa shape index (κ3) is 2.96. The highest BCUT2D eigenvalue weighted by Crippen LogP contribution is 2.15. The largest absolute Gasteiger partial charge is 0.301 e. The predicted octanol–water partition coefficient (Wildman–Crippen LogP) is 1.52. The minimum Gasteiger partial charge on any atom is -0.301 e. The number of carbonyl (C=O) groups excluding carboxylic acids is 1. The molecule has 88 valence electrons. The van der Waals surface area contributed by atoms with Gasteiger partial charge in [0, 0.05) is 36.2 Å². The van der Waals surface area contributed by atoms with E-state index in [0.717, 1.165) is 24.6 Å². The molecule has 16 heavy (non-hydrogen) atoms. The molecule has 2 heterocycles. The van der Waals surface area contributed by atoms with Gasteiger partial charge in [-0.15, -0.1) is 11.3 Å². The van der Waals surface area contributed by atoms with Gasteiger partial charge in [-0.3, -0.25) is 9.69 Å². The Labute approximate surface area is 103 Å². The predicted molar refractivity (Wildman–Crippen MR) is 69.1 cm³/mol. The summed E-state index contributed by atoms with van der Waals surface area (Å²) in [7, 11) is 0. The summed E-state index contributed by atoms with van der Waals surface area (Å²) in [5.41, 5.74) is 0.